The zero-order valence-electron chi connectivity index (χ0n) is 15.1. The number of aromatic nitrogens is 4. The minimum absolute atomic E-state index is 0.0407. The minimum Gasteiger partial charge on any atom is -0.350 e. The Morgan fingerprint density at radius 3 is 3.04 bits per heavy atom. The van der Waals surface area contributed by atoms with Gasteiger partial charge in [0.15, 0.2) is 5.82 Å². The van der Waals surface area contributed by atoms with E-state index in [1.807, 2.05) is 13.8 Å². The van der Waals surface area contributed by atoms with Crippen LogP contribution in [0.2, 0.25) is 0 Å². The summed E-state index contributed by atoms with van der Waals surface area (Å²) in [5.41, 5.74) is 0.929. The van der Waals surface area contributed by atoms with Crippen molar-refractivity contribution in [1.29, 1.82) is 0 Å². The average Bonchev–Trinajstić information content (AvgIpc) is 3.31. The third kappa shape index (κ3) is 4.66. The number of carbonyl (C=O) groups excluding carboxylic acids is 1. The van der Waals surface area contributed by atoms with E-state index in [-0.39, 0.29) is 11.8 Å². The second-order valence-corrected chi connectivity index (χ2v) is 7.02. The molecular formula is C17H26N6O2. The molecule has 1 saturated heterocycles. The molecule has 2 N–H and O–H groups in total. The van der Waals surface area contributed by atoms with Gasteiger partial charge in [-0.25, -0.2) is 4.98 Å². The maximum atomic E-state index is 12.0. The van der Waals surface area contributed by atoms with E-state index in [0.29, 0.717) is 37.0 Å². The number of aromatic amines is 1. The highest BCUT2D eigenvalue weighted by atomic mass is 16.5. The third-order valence-corrected chi connectivity index (χ3v) is 4.47. The number of imidazole rings is 1. The minimum atomic E-state index is -0.0407. The number of likely N-dealkylation sites (tertiary alicyclic amines) is 1. The van der Waals surface area contributed by atoms with Crippen molar-refractivity contribution in [3.8, 4) is 0 Å². The second-order valence-electron chi connectivity index (χ2n) is 7.02. The molecule has 0 spiro atoms. The Bertz CT molecular complexity index is 708. The summed E-state index contributed by atoms with van der Waals surface area (Å²) in [6.45, 7) is 6.59. The van der Waals surface area contributed by atoms with E-state index in [4.69, 9.17) is 4.52 Å². The van der Waals surface area contributed by atoms with Crippen molar-refractivity contribution < 1.29 is 9.32 Å². The van der Waals surface area contributed by atoms with Crippen molar-refractivity contribution in [3.63, 3.8) is 0 Å². The molecular weight excluding hydrogens is 320 g/mol. The molecule has 136 valence electrons. The van der Waals surface area contributed by atoms with Crippen LogP contribution in [-0.2, 0) is 17.8 Å². The van der Waals surface area contributed by atoms with Crippen molar-refractivity contribution >= 4 is 5.91 Å². The molecule has 25 heavy (non-hydrogen) atoms. The van der Waals surface area contributed by atoms with Gasteiger partial charge < -0.3 is 19.7 Å². The highest BCUT2D eigenvalue weighted by molar-refractivity contribution is 5.75. The van der Waals surface area contributed by atoms with Gasteiger partial charge in [-0.2, -0.15) is 4.98 Å². The van der Waals surface area contributed by atoms with Gasteiger partial charge in [0, 0.05) is 31.2 Å². The largest absolute Gasteiger partial charge is 0.350 e. The van der Waals surface area contributed by atoms with Crippen molar-refractivity contribution in [1.82, 2.24) is 30.3 Å². The van der Waals surface area contributed by atoms with Crippen LogP contribution in [0.25, 0.3) is 0 Å². The number of carbonyl (C=O) groups is 1. The quantitative estimate of drug-likeness (QED) is 0.789. The number of hydrogen-bond acceptors (Lipinski definition) is 6. The van der Waals surface area contributed by atoms with Crippen LogP contribution >= 0.6 is 0 Å². The monoisotopic (exact) mass is 346 g/mol. The summed E-state index contributed by atoms with van der Waals surface area (Å²) >= 11 is 0. The van der Waals surface area contributed by atoms with Gasteiger partial charge in [-0.1, -0.05) is 19.0 Å². The zero-order valence-corrected chi connectivity index (χ0v) is 15.1. The summed E-state index contributed by atoms with van der Waals surface area (Å²) in [7, 11) is 2.12. The van der Waals surface area contributed by atoms with Gasteiger partial charge in [-0.05, 0) is 20.0 Å². The molecule has 1 aliphatic heterocycles. The number of nitrogens with zero attached hydrogens (tertiary/aromatic N) is 4. The molecule has 8 nitrogen and oxygen atoms in total. The smallest absolute Gasteiger partial charge is 0.227 e. The van der Waals surface area contributed by atoms with Gasteiger partial charge in [0.05, 0.1) is 18.4 Å². The highest BCUT2D eigenvalue weighted by Crippen LogP contribution is 2.23. The Labute approximate surface area is 147 Å². The SMILES string of the molecule is CC(C)c1noc(CCC(=O)NCc2cnc([C@@H]3CCN(C)C3)[nH]2)n1. The fraction of sp³-hybridized carbons (Fsp3) is 0.647. The molecule has 2 aromatic heterocycles. The molecule has 0 unspecified atom stereocenters. The molecule has 1 atom stereocenters. The van der Waals surface area contributed by atoms with E-state index in [2.05, 4.69) is 37.4 Å². The van der Waals surface area contributed by atoms with Gasteiger partial charge in [0.25, 0.3) is 0 Å². The van der Waals surface area contributed by atoms with Crippen molar-refractivity contribution in [3.05, 3.63) is 29.4 Å². The fourth-order valence-corrected chi connectivity index (χ4v) is 2.94. The van der Waals surface area contributed by atoms with E-state index in [1.54, 1.807) is 6.20 Å². The maximum Gasteiger partial charge on any atom is 0.227 e. The lowest BCUT2D eigenvalue weighted by atomic mass is 10.1. The van der Waals surface area contributed by atoms with E-state index >= 15 is 0 Å². The summed E-state index contributed by atoms with van der Waals surface area (Å²) < 4.78 is 5.15. The standard InChI is InChI=1S/C17H26N6O2/c1-11(2)16-21-15(25-22-16)5-4-14(24)18-8-13-9-19-17(20-13)12-6-7-23(3)10-12/h9,11-12H,4-8,10H2,1-3H3,(H,18,24)(H,19,20)/t12-/m1/s1. The first-order valence-electron chi connectivity index (χ1n) is 8.82. The van der Waals surface area contributed by atoms with Gasteiger partial charge in [-0.3, -0.25) is 4.79 Å². The summed E-state index contributed by atoms with van der Waals surface area (Å²) in [4.78, 5) is 26.4. The molecule has 3 heterocycles. The summed E-state index contributed by atoms with van der Waals surface area (Å²) in [5, 5.41) is 6.80. The van der Waals surface area contributed by atoms with Crippen LogP contribution in [0.15, 0.2) is 10.7 Å². The van der Waals surface area contributed by atoms with E-state index in [1.165, 1.54) is 0 Å². The molecule has 0 radical (unpaired) electrons. The molecule has 2 aromatic rings. The third-order valence-electron chi connectivity index (χ3n) is 4.47. The Kier molecular flexibility index (Phi) is 5.47. The number of aryl methyl sites for hydroxylation is 1. The first-order valence-corrected chi connectivity index (χ1v) is 8.82. The van der Waals surface area contributed by atoms with Crippen molar-refractivity contribution in [2.45, 2.75) is 51.5 Å². The van der Waals surface area contributed by atoms with Crippen LogP contribution in [0.4, 0.5) is 0 Å². The molecule has 0 aliphatic carbocycles. The van der Waals surface area contributed by atoms with Crippen molar-refractivity contribution in [2.75, 3.05) is 20.1 Å². The molecule has 1 amide bonds. The summed E-state index contributed by atoms with van der Waals surface area (Å²) in [5.74, 6) is 2.84. The van der Waals surface area contributed by atoms with E-state index in [9.17, 15) is 4.79 Å². The average molecular weight is 346 g/mol. The lowest BCUT2D eigenvalue weighted by Crippen LogP contribution is -2.23. The van der Waals surface area contributed by atoms with Crippen LogP contribution in [0.3, 0.4) is 0 Å². The first-order chi connectivity index (χ1) is 12.0. The molecule has 0 saturated carbocycles. The van der Waals surface area contributed by atoms with Crippen LogP contribution in [-0.4, -0.2) is 51.1 Å². The number of hydrogen-bond donors (Lipinski definition) is 2. The molecule has 0 aromatic carbocycles. The fourth-order valence-electron chi connectivity index (χ4n) is 2.94. The van der Waals surface area contributed by atoms with E-state index in [0.717, 1.165) is 31.0 Å². The van der Waals surface area contributed by atoms with Gasteiger partial charge in [0.1, 0.15) is 5.82 Å². The number of amides is 1. The lowest BCUT2D eigenvalue weighted by Gasteiger charge is -2.07. The Hall–Kier alpha value is -2.22. The van der Waals surface area contributed by atoms with E-state index < -0.39 is 0 Å². The van der Waals surface area contributed by atoms with Gasteiger partial charge in [-0.15, -0.1) is 0 Å². The molecule has 1 aliphatic rings. The zero-order chi connectivity index (χ0) is 17.8. The van der Waals surface area contributed by atoms with Gasteiger partial charge >= 0.3 is 0 Å². The molecule has 1 fully saturated rings. The molecule has 0 bridgehead atoms. The highest BCUT2D eigenvalue weighted by Gasteiger charge is 2.23. The number of nitrogens with one attached hydrogen (secondary N) is 2. The maximum absolute atomic E-state index is 12.0. The van der Waals surface area contributed by atoms with Crippen LogP contribution in [0, 0.1) is 0 Å². The lowest BCUT2D eigenvalue weighted by molar-refractivity contribution is -0.121. The predicted octanol–water partition coefficient (Wildman–Crippen LogP) is 1.58. The van der Waals surface area contributed by atoms with Crippen LogP contribution in [0.5, 0.6) is 0 Å². The number of likely N-dealkylation sites (N-methyl/N-ethyl adjacent to an activating group) is 1. The topological polar surface area (TPSA) is 99.9 Å². The second kappa shape index (κ2) is 7.77. The summed E-state index contributed by atoms with van der Waals surface area (Å²) in [6, 6.07) is 0. The number of H-pyrrole nitrogens is 1. The van der Waals surface area contributed by atoms with Crippen LogP contribution in [0.1, 0.15) is 61.8 Å². The van der Waals surface area contributed by atoms with Gasteiger partial charge in [0.2, 0.25) is 11.8 Å². The molecule has 3 rings (SSSR count). The van der Waals surface area contributed by atoms with Crippen LogP contribution < -0.4 is 5.32 Å². The summed E-state index contributed by atoms with van der Waals surface area (Å²) in [6.07, 6.45) is 3.71. The normalized spacial score (nSPS) is 18.2. The molecule has 8 heteroatoms. The Balaban J connectivity index is 1.42. The first kappa shape index (κ1) is 17.6. The van der Waals surface area contributed by atoms with Crippen molar-refractivity contribution in [2.24, 2.45) is 0 Å². The Morgan fingerprint density at radius 2 is 2.36 bits per heavy atom. The Morgan fingerprint density at radius 1 is 1.52 bits per heavy atom. The predicted molar refractivity (Wildman–Crippen MR) is 92.0 cm³/mol. The number of rotatable bonds is 7.